The highest BCUT2D eigenvalue weighted by Crippen LogP contribution is 2.09. The molecular formula is C21H25N3O6S. The SMILES string of the molecule is Cc1ccc(S(=O)(=O)NCC(=O)N[C@@H](Cc2ccccc2)C(=O)N[C@@H](C)C(=O)O)cc1. The van der Waals surface area contributed by atoms with Gasteiger partial charge >= 0.3 is 5.97 Å². The molecule has 4 N–H and O–H groups in total. The molecule has 31 heavy (non-hydrogen) atoms. The van der Waals surface area contributed by atoms with E-state index in [-0.39, 0.29) is 11.3 Å². The van der Waals surface area contributed by atoms with Crippen LogP contribution in [0.3, 0.4) is 0 Å². The van der Waals surface area contributed by atoms with Crippen LogP contribution < -0.4 is 15.4 Å². The third kappa shape index (κ3) is 7.50. The Labute approximate surface area is 180 Å². The molecule has 2 amide bonds. The van der Waals surface area contributed by atoms with Gasteiger partial charge in [0.2, 0.25) is 21.8 Å². The molecule has 0 aliphatic heterocycles. The summed E-state index contributed by atoms with van der Waals surface area (Å²) in [6.45, 7) is 2.54. The second-order valence-corrected chi connectivity index (χ2v) is 8.78. The highest BCUT2D eigenvalue weighted by atomic mass is 32.2. The van der Waals surface area contributed by atoms with Gasteiger partial charge in [0.25, 0.3) is 0 Å². The summed E-state index contributed by atoms with van der Waals surface area (Å²) in [6, 6.07) is 12.7. The zero-order chi connectivity index (χ0) is 23.0. The molecule has 0 fully saturated rings. The first-order chi connectivity index (χ1) is 14.6. The summed E-state index contributed by atoms with van der Waals surface area (Å²) >= 11 is 0. The van der Waals surface area contributed by atoms with E-state index in [4.69, 9.17) is 5.11 Å². The summed E-state index contributed by atoms with van der Waals surface area (Å²) in [7, 11) is -3.91. The lowest BCUT2D eigenvalue weighted by Crippen LogP contribution is -2.53. The highest BCUT2D eigenvalue weighted by molar-refractivity contribution is 7.89. The molecular weight excluding hydrogens is 422 g/mol. The van der Waals surface area contributed by atoms with Crippen molar-refractivity contribution in [2.75, 3.05) is 6.54 Å². The van der Waals surface area contributed by atoms with Gasteiger partial charge in [-0.3, -0.25) is 14.4 Å². The van der Waals surface area contributed by atoms with E-state index >= 15 is 0 Å². The summed E-state index contributed by atoms with van der Waals surface area (Å²) in [5, 5.41) is 13.8. The molecule has 166 valence electrons. The van der Waals surface area contributed by atoms with E-state index in [1.165, 1.54) is 19.1 Å². The monoisotopic (exact) mass is 447 g/mol. The van der Waals surface area contributed by atoms with Crippen molar-refractivity contribution >= 4 is 27.8 Å². The standard InChI is InChI=1S/C21H25N3O6S/c1-14-8-10-17(11-9-14)31(29,30)22-13-19(25)24-18(12-16-6-4-3-5-7-16)20(26)23-15(2)21(27)28/h3-11,15,18,22H,12-13H2,1-2H3,(H,23,26)(H,24,25)(H,27,28)/t15-,18-/m0/s1. The minimum Gasteiger partial charge on any atom is -0.480 e. The van der Waals surface area contributed by atoms with Crippen LogP contribution in [-0.4, -0.2) is 49.9 Å². The maximum atomic E-state index is 12.5. The molecule has 9 nitrogen and oxygen atoms in total. The number of carbonyl (C=O) groups excluding carboxylic acids is 2. The van der Waals surface area contributed by atoms with Crippen LogP contribution in [0.15, 0.2) is 59.5 Å². The van der Waals surface area contributed by atoms with Gasteiger partial charge < -0.3 is 15.7 Å². The molecule has 0 radical (unpaired) electrons. The molecule has 0 saturated carbocycles. The summed E-state index contributed by atoms with van der Waals surface area (Å²) in [4.78, 5) is 35.9. The van der Waals surface area contributed by atoms with Crippen LogP contribution in [0.2, 0.25) is 0 Å². The molecule has 2 atom stereocenters. The van der Waals surface area contributed by atoms with Crippen LogP contribution >= 0.6 is 0 Å². The number of hydrogen-bond donors (Lipinski definition) is 4. The first-order valence-corrected chi connectivity index (χ1v) is 11.0. The van der Waals surface area contributed by atoms with E-state index in [2.05, 4.69) is 15.4 Å². The van der Waals surface area contributed by atoms with Crippen molar-refractivity contribution < 1.29 is 27.9 Å². The third-order valence-corrected chi connectivity index (χ3v) is 5.83. The Morgan fingerprint density at radius 1 is 0.968 bits per heavy atom. The Hall–Kier alpha value is -3.24. The Bertz CT molecular complexity index is 1020. The van der Waals surface area contributed by atoms with Gasteiger partial charge in [-0.15, -0.1) is 0 Å². The number of aryl methyl sites for hydroxylation is 1. The maximum Gasteiger partial charge on any atom is 0.325 e. The zero-order valence-electron chi connectivity index (χ0n) is 17.2. The summed E-state index contributed by atoms with van der Waals surface area (Å²) < 4.78 is 26.9. The molecule has 0 aromatic heterocycles. The molecule has 0 aliphatic rings. The topological polar surface area (TPSA) is 142 Å². The van der Waals surface area contributed by atoms with Crippen LogP contribution in [-0.2, 0) is 30.8 Å². The molecule has 0 bridgehead atoms. The van der Waals surface area contributed by atoms with E-state index in [0.29, 0.717) is 0 Å². The van der Waals surface area contributed by atoms with Crippen molar-refractivity contribution in [3.05, 3.63) is 65.7 Å². The Kier molecular flexibility index (Phi) is 8.29. The van der Waals surface area contributed by atoms with Crippen LogP contribution in [0.1, 0.15) is 18.1 Å². The number of hydrogen-bond acceptors (Lipinski definition) is 5. The lowest BCUT2D eigenvalue weighted by atomic mass is 10.0. The first-order valence-electron chi connectivity index (χ1n) is 9.51. The van der Waals surface area contributed by atoms with Gasteiger partial charge in [-0.1, -0.05) is 48.0 Å². The fraction of sp³-hybridized carbons (Fsp3) is 0.286. The molecule has 0 unspecified atom stereocenters. The molecule has 10 heteroatoms. The fourth-order valence-corrected chi connectivity index (χ4v) is 3.62. The lowest BCUT2D eigenvalue weighted by Gasteiger charge is -2.20. The smallest absolute Gasteiger partial charge is 0.325 e. The van der Waals surface area contributed by atoms with Crippen molar-refractivity contribution in [3.8, 4) is 0 Å². The van der Waals surface area contributed by atoms with E-state index < -0.39 is 46.4 Å². The number of rotatable bonds is 10. The van der Waals surface area contributed by atoms with E-state index in [9.17, 15) is 22.8 Å². The van der Waals surface area contributed by atoms with Crippen LogP contribution in [0.25, 0.3) is 0 Å². The quantitative estimate of drug-likeness (QED) is 0.420. The Morgan fingerprint density at radius 3 is 2.16 bits per heavy atom. The summed E-state index contributed by atoms with van der Waals surface area (Å²) in [5.41, 5.74) is 1.63. The van der Waals surface area contributed by atoms with Gasteiger partial charge in [0, 0.05) is 6.42 Å². The van der Waals surface area contributed by atoms with Crippen LogP contribution in [0.4, 0.5) is 0 Å². The van der Waals surface area contributed by atoms with Crippen LogP contribution in [0, 0.1) is 6.92 Å². The van der Waals surface area contributed by atoms with Gasteiger partial charge in [0.15, 0.2) is 0 Å². The maximum absolute atomic E-state index is 12.5. The number of carbonyl (C=O) groups is 3. The van der Waals surface area contributed by atoms with E-state index in [1.807, 2.05) is 6.92 Å². The number of carboxylic acid groups (broad SMARTS) is 1. The largest absolute Gasteiger partial charge is 0.480 e. The predicted octanol–water partition coefficient (Wildman–Crippen LogP) is 0.590. The normalized spacial score (nSPS) is 13.1. The second kappa shape index (κ2) is 10.7. The molecule has 0 saturated heterocycles. The average Bonchev–Trinajstić information content (AvgIpc) is 2.73. The number of benzene rings is 2. The third-order valence-electron chi connectivity index (χ3n) is 4.42. The Balaban J connectivity index is 2.06. The lowest BCUT2D eigenvalue weighted by molar-refractivity contribution is -0.141. The molecule has 0 heterocycles. The molecule has 0 aliphatic carbocycles. The number of carboxylic acids is 1. The average molecular weight is 448 g/mol. The predicted molar refractivity (Wildman–Crippen MR) is 114 cm³/mol. The summed E-state index contributed by atoms with van der Waals surface area (Å²) in [5.74, 6) is -2.63. The van der Waals surface area contributed by atoms with Crippen LogP contribution in [0.5, 0.6) is 0 Å². The molecule has 2 aromatic rings. The van der Waals surface area contributed by atoms with Gasteiger partial charge in [0.05, 0.1) is 11.4 Å². The highest BCUT2D eigenvalue weighted by Gasteiger charge is 2.25. The van der Waals surface area contributed by atoms with Gasteiger partial charge in [-0.2, -0.15) is 0 Å². The van der Waals surface area contributed by atoms with Crippen molar-refractivity contribution in [3.63, 3.8) is 0 Å². The first kappa shape index (κ1) is 24.0. The zero-order valence-corrected chi connectivity index (χ0v) is 18.0. The number of amides is 2. The Morgan fingerprint density at radius 2 is 1.58 bits per heavy atom. The number of aliphatic carboxylic acids is 1. The molecule has 0 spiro atoms. The second-order valence-electron chi connectivity index (χ2n) is 7.02. The molecule has 2 rings (SSSR count). The van der Waals surface area contributed by atoms with E-state index in [1.54, 1.807) is 42.5 Å². The van der Waals surface area contributed by atoms with Gasteiger partial charge in [-0.25, -0.2) is 13.1 Å². The van der Waals surface area contributed by atoms with Crippen molar-refractivity contribution in [1.29, 1.82) is 0 Å². The van der Waals surface area contributed by atoms with Crippen molar-refractivity contribution in [2.45, 2.75) is 37.2 Å². The van der Waals surface area contributed by atoms with Gasteiger partial charge in [-0.05, 0) is 31.5 Å². The minimum atomic E-state index is -3.91. The van der Waals surface area contributed by atoms with Crippen molar-refractivity contribution in [1.82, 2.24) is 15.4 Å². The van der Waals surface area contributed by atoms with Gasteiger partial charge in [0.1, 0.15) is 12.1 Å². The number of nitrogens with one attached hydrogen (secondary N) is 3. The van der Waals surface area contributed by atoms with Crippen molar-refractivity contribution in [2.24, 2.45) is 0 Å². The summed E-state index contributed by atoms with van der Waals surface area (Å²) in [6.07, 6.45) is 0.107. The number of sulfonamides is 1. The fourth-order valence-electron chi connectivity index (χ4n) is 2.64. The minimum absolute atomic E-state index is 0.0137. The molecule has 2 aromatic carbocycles. The van der Waals surface area contributed by atoms with E-state index in [0.717, 1.165) is 11.1 Å².